The Labute approximate surface area is 193 Å². The number of piperazine rings is 1. The van der Waals surface area contributed by atoms with Gasteiger partial charge in [0.2, 0.25) is 0 Å². The summed E-state index contributed by atoms with van der Waals surface area (Å²) in [7, 11) is 0. The molecule has 0 radical (unpaired) electrons. The molecule has 0 saturated carbocycles. The van der Waals surface area contributed by atoms with Gasteiger partial charge in [-0.25, -0.2) is 0 Å². The van der Waals surface area contributed by atoms with Crippen molar-refractivity contribution >= 4 is 33.2 Å². The van der Waals surface area contributed by atoms with Crippen LogP contribution in [0.5, 0.6) is 0 Å². The lowest BCUT2D eigenvalue weighted by Crippen LogP contribution is -2.64. The summed E-state index contributed by atoms with van der Waals surface area (Å²) in [5, 5.41) is 0.439. The number of thiophene rings is 1. The third-order valence-corrected chi connectivity index (χ3v) is 7.45. The van der Waals surface area contributed by atoms with Crippen LogP contribution >= 0.6 is 11.3 Å². The number of fused-ring (bicyclic) bond motifs is 1. The van der Waals surface area contributed by atoms with Crippen LogP contribution in [0.2, 0.25) is 0 Å². The van der Waals surface area contributed by atoms with Gasteiger partial charge in [-0.3, -0.25) is 14.5 Å². The highest BCUT2D eigenvalue weighted by molar-refractivity contribution is 7.20. The van der Waals surface area contributed by atoms with Crippen LogP contribution in [-0.2, 0) is 6.18 Å². The third kappa shape index (κ3) is 4.35. The summed E-state index contributed by atoms with van der Waals surface area (Å²) in [4.78, 5) is 31.8. The lowest BCUT2D eigenvalue weighted by Gasteiger charge is -2.48. The average molecular weight is 474 g/mol. The average Bonchev–Trinajstić information content (AvgIpc) is 3.22. The number of carbonyl (C=O) groups excluding carboxylic acids is 2. The maximum absolute atomic E-state index is 12.9. The van der Waals surface area contributed by atoms with Crippen molar-refractivity contribution in [3.05, 3.63) is 70.6 Å². The first-order chi connectivity index (χ1) is 15.8. The van der Waals surface area contributed by atoms with E-state index < -0.39 is 11.7 Å². The van der Waals surface area contributed by atoms with Gasteiger partial charge in [0.1, 0.15) is 0 Å². The topological polar surface area (TPSA) is 43.9 Å². The number of hydrogen-bond donors (Lipinski definition) is 0. The molecule has 2 aliphatic heterocycles. The van der Waals surface area contributed by atoms with Crippen LogP contribution in [0.4, 0.5) is 13.2 Å². The molecular formula is C24H22F3N3O2S. The fourth-order valence-corrected chi connectivity index (χ4v) is 5.40. The molecule has 0 atom stereocenters. The minimum absolute atomic E-state index is 0.0408. The van der Waals surface area contributed by atoms with Crippen LogP contribution < -0.4 is 0 Å². The fourth-order valence-electron chi connectivity index (χ4n) is 4.39. The zero-order chi connectivity index (χ0) is 23.2. The van der Waals surface area contributed by atoms with Crippen molar-refractivity contribution in [2.75, 3.05) is 39.3 Å². The molecule has 0 N–H and O–H groups in total. The number of halogens is 3. The summed E-state index contributed by atoms with van der Waals surface area (Å²) in [5.74, 6) is -0.0991. The Morgan fingerprint density at radius 2 is 1.55 bits per heavy atom. The van der Waals surface area contributed by atoms with E-state index >= 15 is 0 Å². The summed E-state index contributed by atoms with van der Waals surface area (Å²) in [6.45, 7) is 4.00. The molecule has 2 aliphatic rings. The van der Waals surface area contributed by atoms with Gasteiger partial charge in [0.15, 0.2) is 0 Å². The maximum atomic E-state index is 12.9. The molecule has 2 aromatic carbocycles. The molecule has 0 bridgehead atoms. The molecule has 3 heterocycles. The molecule has 0 spiro atoms. The van der Waals surface area contributed by atoms with Gasteiger partial charge in [0.05, 0.1) is 10.4 Å². The van der Waals surface area contributed by atoms with E-state index in [1.165, 1.54) is 17.4 Å². The normalized spacial score (nSPS) is 17.9. The largest absolute Gasteiger partial charge is 0.416 e. The highest BCUT2D eigenvalue weighted by Crippen LogP contribution is 2.35. The number of rotatable bonds is 3. The van der Waals surface area contributed by atoms with E-state index in [0.29, 0.717) is 46.7 Å². The predicted octanol–water partition coefficient (Wildman–Crippen LogP) is 4.20. The SMILES string of the molecule is O=C(c1ccccc1)N1CCN(C2CN(C(=O)c3cc4cc(C(F)(F)F)ccc4s3)C2)CC1. The van der Waals surface area contributed by atoms with Crippen molar-refractivity contribution in [3.63, 3.8) is 0 Å². The van der Waals surface area contributed by atoms with E-state index in [-0.39, 0.29) is 17.9 Å². The fraction of sp³-hybridized carbons (Fsp3) is 0.333. The summed E-state index contributed by atoms with van der Waals surface area (Å²) < 4.78 is 39.5. The number of likely N-dealkylation sites (tertiary alicyclic amines) is 1. The molecule has 2 fully saturated rings. The quantitative estimate of drug-likeness (QED) is 0.573. The van der Waals surface area contributed by atoms with E-state index in [1.54, 1.807) is 11.0 Å². The van der Waals surface area contributed by atoms with Gasteiger partial charge in [-0.15, -0.1) is 11.3 Å². The smallest absolute Gasteiger partial charge is 0.336 e. The van der Waals surface area contributed by atoms with Gasteiger partial charge in [0.25, 0.3) is 11.8 Å². The van der Waals surface area contributed by atoms with Crippen molar-refractivity contribution in [1.82, 2.24) is 14.7 Å². The molecule has 0 aliphatic carbocycles. The highest BCUT2D eigenvalue weighted by atomic mass is 32.1. The molecule has 9 heteroatoms. The van der Waals surface area contributed by atoms with Crippen LogP contribution in [0, 0.1) is 0 Å². The van der Waals surface area contributed by atoms with Crippen molar-refractivity contribution in [1.29, 1.82) is 0 Å². The van der Waals surface area contributed by atoms with Crippen LogP contribution in [0.3, 0.4) is 0 Å². The zero-order valence-electron chi connectivity index (χ0n) is 17.7. The molecule has 0 unspecified atom stereocenters. The summed E-state index contributed by atoms with van der Waals surface area (Å²) in [6.07, 6.45) is -4.40. The minimum Gasteiger partial charge on any atom is -0.336 e. The highest BCUT2D eigenvalue weighted by Gasteiger charge is 2.37. The first-order valence-electron chi connectivity index (χ1n) is 10.8. The minimum atomic E-state index is -4.40. The van der Waals surface area contributed by atoms with Gasteiger partial charge in [-0.2, -0.15) is 13.2 Å². The molecule has 3 aromatic rings. The maximum Gasteiger partial charge on any atom is 0.416 e. The van der Waals surface area contributed by atoms with Crippen LogP contribution in [-0.4, -0.2) is 71.8 Å². The number of hydrogen-bond acceptors (Lipinski definition) is 4. The number of benzene rings is 2. The molecule has 2 saturated heterocycles. The van der Waals surface area contributed by atoms with Crippen LogP contribution in [0.1, 0.15) is 25.6 Å². The van der Waals surface area contributed by atoms with Crippen molar-refractivity contribution in [2.24, 2.45) is 0 Å². The predicted molar refractivity (Wildman–Crippen MR) is 120 cm³/mol. The molecule has 5 rings (SSSR count). The summed E-state index contributed by atoms with van der Waals surface area (Å²) >= 11 is 1.22. The van der Waals surface area contributed by atoms with E-state index in [0.717, 1.165) is 25.2 Å². The second-order valence-corrected chi connectivity index (χ2v) is 9.50. The number of alkyl halides is 3. The van der Waals surface area contributed by atoms with E-state index in [2.05, 4.69) is 4.90 Å². The zero-order valence-corrected chi connectivity index (χ0v) is 18.5. The van der Waals surface area contributed by atoms with Gasteiger partial charge < -0.3 is 9.80 Å². The summed E-state index contributed by atoms with van der Waals surface area (Å²) in [5.41, 5.74) is -0.0160. The Balaban J connectivity index is 1.16. The van der Waals surface area contributed by atoms with Gasteiger partial charge >= 0.3 is 6.18 Å². The van der Waals surface area contributed by atoms with Crippen LogP contribution in [0.25, 0.3) is 10.1 Å². The Bertz CT molecular complexity index is 1180. The Hall–Kier alpha value is -2.91. The van der Waals surface area contributed by atoms with E-state index in [1.807, 2.05) is 35.2 Å². The summed E-state index contributed by atoms with van der Waals surface area (Å²) in [6, 6.07) is 14.6. The molecule has 2 amide bonds. The lowest BCUT2D eigenvalue weighted by atomic mass is 10.0. The Morgan fingerprint density at radius 1 is 0.848 bits per heavy atom. The Morgan fingerprint density at radius 3 is 2.21 bits per heavy atom. The first kappa shape index (κ1) is 21.9. The molecule has 5 nitrogen and oxygen atoms in total. The van der Waals surface area contributed by atoms with Crippen molar-refractivity contribution < 1.29 is 22.8 Å². The molecule has 1 aromatic heterocycles. The molecule has 33 heavy (non-hydrogen) atoms. The van der Waals surface area contributed by atoms with Gasteiger partial charge in [0, 0.05) is 55.6 Å². The second kappa shape index (κ2) is 8.46. The standard InChI is InChI=1S/C24H22F3N3O2S/c25-24(26,27)18-6-7-20-17(12-18)13-21(33-20)23(32)30-14-19(15-30)28-8-10-29(11-9-28)22(31)16-4-2-1-3-5-16/h1-7,12-13,19H,8-11,14-15H2. The molecule has 172 valence electrons. The van der Waals surface area contributed by atoms with Crippen LogP contribution in [0.15, 0.2) is 54.6 Å². The monoisotopic (exact) mass is 473 g/mol. The third-order valence-electron chi connectivity index (χ3n) is 6.34. The number of nitrogens with zero attached hydrogens (tertiary/aromatic N) is 3. The van der Waals surface area contributed by atoms with E-state index in [4.69, 9.17) is 0 Å². The number of amides is 2. The second-order valence-electron chi connectivity index (χ2n) is 8.42. The first-order valence-corrected chi connectivity index (χ1v) is 11.6. The lowest BCUT2D eigenvalue weighted by molar-refractivity contribution is -0.137. The molecular weight excluding hydrogens is 451 g/mol. The van der Waals surface area contributed by atoms with E-state index in [9.17, 15) is 22.8 Å². The van der Waals surface area contributed by atoms with Gasteiger partial charge in [-0.1, -0.05) is 18.2 Å². The van der Waals surface area contributed by atoms with Gasteiger partial charge in [-0.05, 0) is 41.8 Å². The van der Waals surface area contributed by atoms with Crippen molar-refractivity contribution in [2.45, 2.75) is 12.2 Å². The number of carbonyl (C=O) groups is 2. The van der Waals surface area contributed by atoms with Crippen molar-refractivity contribution in [3.8, 4) is 0 Å². The Kier molecular flexibility index (Phi) is 5.62.